The lowest BCUT2D eigenvalue weighted by Gasteiger charge is -2.08. The summed E-state index contributed by atoms with van der Waals surface area (Å²) < 4.78 is 19.5. The molecule has 2 heterocycles. The van der Waals surface area contributed by atoms with E-state index in [1.807, 2.05) is 13.0 Å². The predicted octanol–water partition coefficient (Wildman–Crippen LogP) is 1.62. The van der Waals surface area contributed by atoms with Crippen LogP contribution in [0.15, 0.2) is 53.5 Å². The number of pyridine rings is 1. The number of halogens is 1. The number of nitrogens with one attached hydrogen (secondary N) is 1. The van der Waals surface area contributed by atoms with Gasteiger partial charge in [0.2, 0.25) is 0 Å². The molecular weight excluding hydrogens is 353 g/mol. The molecule has 7 nitrogen and oxygen atoms in total. The van der Waals surface area contributed by atoms with Crippen molar-refractivity contribution in [1.82, 2.24) is 14.7 Å². The zero-order chi connectivity index (χ0) is 19.4. The number of fused-ring (bicyclic) bond motifs is 1. The van der Waals surface area contributed by atoms with Crippen molar-refractivity contribution in [3.8, 4) is 0 Å². The maximum atomic E-state index is 13.1. The number of hydrogen-bond acceptors (Lipinski definition) is 5. The summed E-state index contributed by atoms with van der Waals surface area (Å²) in [5.74, 6) is -1.84. The van der Waals surface area contributed by atoms with E-state index in [0.29, 0.717) is 11.3 Å². The molecule has 1 N–H and O–H groups in total. The van der Waals surface area contributed by atoms with Gasteiger partial charge in [0.25, 0.3) is 11.5 Å². The van der Waals surface area contributed by atoms with Crippen molar-refractivity contribution in [2.45, 2.75) is 13.5 Å². The molecule has 0 saturated heterocycles. The van der Waals surface area contributed by atoms with Crippen molar-refractivity contribution < 1.29 is 18.7 Å². The molecule has 0 fully saturated rings. The number of amides is 1. The first kappa shape index (κ1) is 18.2. The Morgan fingerprint density at radius 3 is 2.81 bits per heavy atom. The number of nitrogens with zero attached hydrogens (tertiary/aromatic N) is 2. The Morgan fingerprint density at radius 2 is 2.04 bits per heavy atom. The molecule has 3 rings (SSSR count). The van der Waals surface area contributed by atoms with Gasteiger partial charge in [-0.2, -0.15) is 0 Å². The highest BCUT2D eigenvalue weighted by Crippen LogP contribution is 2.06. The number of esters is 1. The van der Waals surface area contributed by atoms with E-state index in [4.69, 9.17) is 4.74 Å². The van der Waals surface area contributed by atoms with Gasteiger partial charge in [-0.05, 0) is 36.8 Å². The van der Waals surface area contributed by atoms with Gasteiger partial charge < -0.3 is 10.1 Å². The summed E-state index contributed by atoms with van der Waals surface area (Å²) in [4.78, 5) is 40.1. The number of ether oxygens (including phenoxy) is 1. The summed E-state index contributed by atoms with van der Waals surface area (Å²) in [6, 6.07) is 9.95. The molecular formula is C19H16FN3O4. The summed E-state index contributed by atoms with van der Waals surface area (Å²) in [7, 11) is 0. The summed E-state index contributed by atoms with van der Waals surface area (Å²) >= 11 is 0. The third-order valence-electron chi connectivity index (χ3n) is 3.80. The Labute approximate surface area is 153 Å². The molecule has 1 amide bonds. The van der Waals surface area contributed by atoms with Gasteiger partial charge in [0, 0.05) is 17.8 Å². The molecule has 3 aromatic rings. The number of hydrogen-bond donors (Lipinski definition) is 1. The molecule has 0 aliphatic heterocycles. The van der Waals surface area contributed by atoms with E-state index < -0.39 is 17.7 Å². The van der Waals surface area contributed by atoms with Gasteiger partial charge in [0.1, 0.15) is 24.6 Å². The molecule has 0 spiro atoms. The quantitative estimate of drug-likeness (QED) is 0.690. The Balaban J connectivity index is 1.59. The summed E-state index contributed by atoms with van der Waals surface area (Å²) in [5, 5.41) is 2.35. The minimum absolute atomic E-state index is 0.0995. The third kappa shape index (κ3) is 4.35. The molecule has 138 valence electrons. The van der Waals surface area contributed by atoms with Crippen molar-refractivity contribution in [3.63, 3.8) is 0 Å². The number of aromatic nitrogens is 2. The standard InChI is InChI=1S/C19H16FN3O4/c1-12-4-3-7-23-16(24)9-15(22-18(12)23)11-27-17(25)10-21-19(26)13-5-2-6-14(20)8-13/h2-9H,10-11H2,1H3,(H,21,26). The van der Waals surface area contributed by atoms with E-state index in [-0.39, 0.29) is 24.3 Å². The van der Waals surface area contributed by atoms with Crippen molar-refractivity contribution in [2.75, 3.05) is 6.54 Å². The zero-order valence-electron chi connectivity index (χ0n) is 14.4. The van der Waals surface area contributed by atoms with Crippen molar-refractivity contribution in [1.29, 1.82) is 0 Å². The first-order valence-corrected chi connectivity index (χ1v) is 8.11. The van der Waals surface area contributed by atoms with Crippen LogP contribution in [0.1, 0.15) is 21.6 Å². The average molecular weight is 369 g/mol. The van der Waals surface area contributed by atoms with E-state index in [1.165, 1.54) is 28.7 Å². The molecule has 0 radical (unpaired) electrons. The maximum Gasteiger partial charge on any atom is 0.325 e. The number of rotatable bonds is 5. The largest absolute Gasteiger partial charge is 0.458 e. The van der Waals surface area contributed by atoms with Crippen molar-refractivity contribution in [2.24, 2.45) is 0 Å². The zero-order valence-corrected chi connectivity index (χ0v) is 14.4. The summed E-state index contributed by atoms with van der Waals surface area (Å²) in [6.45, 7) is 1.23. The van der Waals surface area contributed by atoms with Crippen LogP contribution in [0.3, 0.4) is 0 Å². The minimum Gasteiger partial charge on any atom is -0.458 e. The third-order valence-corrected chi connectivity index (χ3v) is 3.80. The second kappa shape index (κ2) is 7.77. The highest BCUT2D eigenvalue weighted by molar-refractivity contribution is 5.95. The smallest absolute Gasteiger partial charge is 0.325 e. The molecule has 0 atom stereocenters. The SMILES string of the molecule is Cc1cccn2c(=O)cc(COC(=O)CNC(=O)c3cccc(F)c3)nc12. The fourth-order valence-corrected chi connectivity index (χ4v) is 2.47. The average Bonchev–Trinajstić information content (AvgIpc) is 2.65. The number of aryl methyl sites for hydroxylation is 1. The molecule has 8 heteroatoms. The summed E-state index contributed by atoms with van der Waals surface area (Å²) in [5.41, 5.74) is 1.41. The molecule has 0 aliphatic carbocycles. The van der Waals surface area contributed by atoms with Crippen LogP contribution in [-0.4, -0.2) is 27.8 Å². The number of carbonyl (C=O) groups excluding carboxylic acids is 2. The first-order valence-electron chi connectivity index (χ1n) is 8.11. The highest BCUT2D eigenvalue weighted by Gasteiger charge is 2.11. The topological polar surface area (TPSA) is 89.8 Å². The molecule has 0 saturated carbocycles. The monoisotopic (exact) mass is 369 g/mol. The molecule has 1 aromatic carbocycles. The van der Waals surface area contributed by atoms with E-state index in [2.05, 4.69) is 10.3 Å². The fourth-order valence-electron chi connectivity index (χ4n) is 2.47. The van der Waals surface area contributed by atoms with E-state index in [1.54, 1.807) is 12.3 Å². The Morgan fingerprint density at radius 1 is 1.22 bits per heavy atom. The fraction of sp³-hybridized carbons (Fsp3) is 0.158. The van der Waals surface area contributed by atoms with Gasteiger partial charge in [-0.1, -0.05) is 12.1 Å². The molecule has 2 aromatic heterocycles. The van der Waals surface area contributed by atoms with Crippen LogP contribution >= 0.6 is 0 Å². The molecule has 0 unspecified atom stereocenters. The van der Waals surface area contributed by atoms with Gasteiger partial charge in [0.05, 0.1) is 5.69 Å². The van der Waals surface area contributed by atoms with E-state index in [9.17, 15) is 18.8 Å². The van der Waals surface area contributed by atoms with Crippen LogP contribution < -0.4 is 10.9 Å². The van der Waals surface area contributed by atoms with Crippen LogP contribution in [0.2, 0.25) is 0 Å². The van der Waals surface area contributed by atoms with Crippen molar-refractivity contribution in [3.05, 3.63) is 81.7 Å². The second-order valence-corrected chi connectivity index (χ2v) is 5.82. The normalized spacial score (nSPS) is 10.6. The Bertz CT molecular complexity index is 1080. The van der Waals surface area contributed by atoms with Gasteiger partial charge >= 0.3 is 5.97 Å². The van der Waals surface area contributed by atoms with Crippen LogP contribution in [0.25, 0.3) is 5.65 Å². The predicted molar refractivity (Wildman–Crippen MR) is 94.7 cm³/mol. The second-order valence-electron chi connectivity index (χ2n) is 5.82. The molecule has 27 heavy (non-hydrogen) atoms. The van der Waals surface area contributed by atoms with E-state index >= 15 is 0 Å². The van der Waals surface area contributed by atoms with Gasteiger partial charge in [0.15, 0.2) is 0 Å². The lowest BCUT2D eigenvalue weighted by atomic mass is 10.2. The number of benzene rings is 1. The lowest BCUT2D eigenvalue weighted by molar-refractivity contribution is -0.143. The van der Waals surface area contributed by atoms with Gasteiger partial charge in [-0.25, -0.2) is 9.37 Å². The van der Waals surface area contributed by atoms with Gasteiger partial charge in [-0.3, -0.25) is 18.8 Å². The van der Waals surface area contributed by atoms with Gasteiger partial charge in [-0.15, -0.1) is 0 Å². The highest BCUT2D eigenvalue weighted by atomic mass is 19.1. The van der Waals surface area contributed by atoms with Crippen LogP contribution in [0, 0.1) is 12.7 Å². The maximum absolute atomic E-state index is 13.1. The van der Waals surface area contributed by atoms with Crippen LogP contribution in [0.5, 0.6) is 0 Å². The van der Waals surface area contributed by atoms with Crippen LogP contribution in [-0.2, 0) is 16.1 Å². The van der Waals surface area contributed by atoms with E-state index in [0.717, 1.165) is 11.6 Å². The first-order chi connectivity index (χ1) is 12.9. The number of carbonyl (C=O) groups is 2. The Kier molecular flexibility index (Phi) is 5.25. The van der Waals surface area contributed by atoms with Crippen molar-refractivity contribution >= 4 is 17.5 Å². The van der Waals surface area contributed by atoms with Crippen LogP contribution in [0.4, 0.5) is 4.39 Å². The molecule has 0 aliphatic rings. The lowest BCUT2D eigenvalue weighted by Crippen LogP contribution is -2.30. The summed E-state index contributed by atoms with van der Waals surface area (Å²) in [6.07, 6.45) is 1.61. The minimum atomic E-state index is -0.702. The Hall–Kier alpha value is -3.55. The molecule has 0 bridgehead atoms.